The number of pyridine rings is 1. The lowest BCUT2D eigenvalue weighted by atomic mass is 10.1. The molecule has 3 aromatic rings. The molecular formula is C19H21ClN2O. The van der Waals surface area contributed by atoms with Gasteiger partial charge in [0.05, 0.1) is 11.0 Å². The molecule has 0 amide bonds. The van der Waals surface area contributed by atoms with Crippen molar-refractivity contribution in [2.75, 3.05) is 19.6 Å². The summed E-state index contributed by atoms with van der Waals surface area (Å²) in [5.74, 6) is 0. The molecule has 0 bridgehead atoms. The Labute approximate surface area is 141 Å². The minimum Gasteiger partial charge on any atom is -0.339 e. The van der Waals surface area contributed by atoms with Crippen LogP contribution >= 0.6 is 11.6 Å². The third-order valence-electron chi connectivity index (χ3n) is 4.47. The summed E-state index contributed by atoms with van der Waals surface area (Å²) in [4.78, 5) is 15.1. The molecule has 0 aliphatic carbocycles. The highest BCUT2D eigenvalue weighted by Crippen LogP contribution is 2.22. The minimum atomic E-state index is 0.0753. The van der Waals surface area contributed by atoms with Crippen LogP contribution in [0.4, 0.5) is 0 Å². The largest absolute Gasteiger partial charge is 0.339 e. The zero-order valence-corrected chi connectivity index (χ0v) is 14.3. The summed E-state index contributed by atoms with van der Waals surface area (Å²) in [7, 11) is 0. The average Bonchev–Trinajstić information content (AvgIpc) is 2.58. The number of hydrogen-bond acceptors (Lipinski definition) is 2. The van der Waals surface area contributed by atoms with Crippen molar-refractivity contribution in [3.63, 3.8) is 0 Å². The van der Waals surface area contributed by atoms with Gasteiger partial charge < -0.3 is 9.47 Å². The second-order valence-corrected chi connectivity index (χ2v) is 6.12. The van der Waals surface area contributed by atoms with Crippen molar-refractivity contribution in [2.24, 2.45) is 0 Å². The highest BCUT2D eigenvalue weighted by Gasteiger charge is 2.11. The fourth-order valence-electron chi connectivity index (χ4n) is 3.12. The van der Waals surface area contributed by atoms with Crippen LogP contribution in [0.25, 0.3) is 21.8 Å². The molecule has 120 valence electrons. The molecule has 3 nitrogen and oxygen atoms in total. The lowest BCUT2D eigenvalue weighted by Crippen LogP contribution is -2.27. The van der Waals surface area contributed by atoms with E-state index in [1.54, 1.807) is 6.07 Å². The van der Waals surface area contributed by atoms with E-state index >= 15 is 0 Å². The van der Waals surface area contributed by atoms with Gasteiger partial charge in [0.25, 0.3) is 0 Å². The van der Waals surface area contributed by atoms with E-state index in [4.69, 9.17) is 11.6 Å². The summed E-state index contributed by atoms with van der Waals surface area (Å²) >= 11 is 6.19. The first-order valence-electron chi connectivity index (χ1n) is 8.08. The van der Waals surface area contributed by atoms with Crippen LogP contribution in [-0.2, 0) is 6.54 Å². The Bertz CT molecular complexity index is 897. The molecule has 2 aromatic carbocycles. The topological polar surface area (TPSA) is 25.2 Å². The number of likely N-dealkylation sites (N-methyl/N-ethyl adjacent to an activating group) is 1. The second kappa shape index (κ2) is 6.73. The van der Waals surface area contributed by atoms with Gasteiger partial charge in [0.2, 0.25) is 0 Å². The first-order chi connectivity index (χ1) is 11.2. The molecule has 0 aliphatic heterocycles. The number of para-hydroxylation sites is 1. The van der Waals surface area contributed by atoms with Gasteiger partial charge in [-0.1, -0.05) is 37.6 Å². The summed E-state index contributed by atoms with van der Waals surface area (Å²) in [6.07, 6.45) is 0. The summed E-state index contributed by atoms with van der Waals surface area (Å²) in [5.41, 5.74) is 1.96. The van der Waals surface area contributed by atoms with Gasteiger partial charge in [-0.3, -0.25) is 4.79 Å². The molecule has 1 heterocycles. The SMILES string of the molecule is CCN(CC)CCn1c2ccccc2c(=O)c2ccc(Cl)cc21. The van der Waals surface area contributed by atoms with Gasteiger partial charge in [-0.2, -0.15) is 0 Å². The number of fused-ring (bicyclic) bond motifs is 2. The molecular weight excluding hydrogens is 308 g/mol. The van der Waals surface area contributed by atoms with E-state index < -0.39 is 0 Å². The van der Waals surface area contributed by atoms with Gasteiger partial charge >= 0.3 is 0 Å². The van der Waals surface area contributed by atoms with E-state index in [1.807, 2.05) is 36.4 Å². The Morgan fingerprint density at radius 1 is 1.00 bits per heavy atom. The van der Waals surface area contributed by atoms with Gasteiger partial charge in [-0.05, 0) is 43.4 Å². The number of aromatic nitrogens is 1. The fraction of sp³-hybridized carbons (Fsp3) is 0.316. The van der Waals surface area contributed by atoms with E-state index in [2.05, 4.69) is 23.3 Å². The summed E-state index contributed by atoms with van der Waals surface area (Å²) < 4.78 is 2.22. The smallest absolute Gasteiger partial charge is 0.197 e. The third kappa shape index (κ3) is 2.99. The van der Waals surface area contributed by atoms with Crippen LogP contribution in [0.15, 0.2) is 47.3 Å². The Kier molecular flexibility index (Phi) is 4.69. The molecule has 0 radical (unpaired) electrons. The molecule has 0 aliphatic rings. The van der Waals surface area contributed by atoms with Crippen molar-refractivity contribution in [1.82, 2.24) is 9.47 Å². The quantitative estimate of drug-likeness (QED) is 0.657. The van der Waals surface area contributed by atoms with Gasteiger partial charge in [0.15, 0.2) is 5.43 Å². The van der Waals surface area contributed by atoms with Crippen LogP contribution in [0.5, 0.6) is 0 Å². The third-order valence-corrected chi connectivity index (χ3v) is 4.70. The molecule has 0 saturated heterocycles. The zero-order chi connectivity index (χ0) is 16.4. The Morgan fingerprint density at radius 3 is 2.43 bits per heavy atom. The second-order valence-electron chi connectivity index (χ2n) is 5.69. The molecule has 0 unspecified atom stereocenters. The molecule has 0 saturated carbocycles. The van der Waals surface area contributed by atoms with Gasteiger partial charge in [-0.15, -0.1) is 0 Å². The van der Waals surface area contributed by atoms with E-state index in [0.29, 0.717) is 5.02 Å². The van der Waals surface area contributed by atoms with Crippen molar-refractivity contribution in [2.45, 2.75) is 20.4 Å². The maximum Gasteiger partial charge on any atom is 0.197 e. The summed E-state index contributed by atoms with van der Waals surface area (Å²) in [5, 5.41) is 2.15. The van der Waals surface area contributed by atoms with E-state index in [1.165, 1.54) is 0 Å². The van der Waals surface area contributed by atoms with Crippen LogP contribution in [0.3, 0.4) is 0 Å². The Hall–Kier alpha value is -1.84. The normalized spacial score (nSPS) is 11.7. The Balaban J connectivity index is 2.24. The standard InChI is InChI=1S/C19H21ClN2O/c1-3-21(4-2)11-12-22-17-8-6-5-7-15(17)19(23)16-10-9-14(20)13-18(16)22/h5-10,13H,3-4,11-12H2,1-2H3. The van der Waals surface area contributed by atoms with E-state index in [9.17, 15) is 4.79 Å². The molecule has 0 atom stereocenters. The zero-order valence-electron chi connectivity index (χ0n) is 13.6. The summed E-state index contributed by atoms with van der Waals surface area (Å²) in [6.45, 7) is 8.16. The van der Waals surface area contributed by atoms with Crippen molar-refractivity contribution in [3.05, 3.63) is 57.7 Å². The molecule has 0 spiro atoms. The van der Waals surface area contributed by atoms with Crippen LogP contribution in [0, 0.1) is 0 Å². The van der Waals surface area contributed by atoms with Crippen LogP contribution < -0.4 is 5.43 Å². The molecule has 23 heavy (non-hydrogen) atoms. The lowest BCUT2D eigenvalue weighted by molar-refractivity contribution is 0.293. The first-order valence-corrected chi connectivity index (χ1v) is 8.46. The van der Waals surface area contributed by atoms with Crippen molar-refractivity contribution in [1.29, 1.82) is 0 Å². The van der Waals surface area contributed by atoms with E-state index in [0.717, 1.165) is 48.0 Å². The number of halogens is 1. The maximum atomic E-state index is 12.7. The van der Waals surface area contributed by atoms with Crippen LogP contribution in [0.1, 0.15) is 13.8 Å². The molecule has 3 rings (SSSR count). The van der Waals surface area contributed by atoms with Crippen LogP contribution in [-0.4, -0.2) is 29.1 Å². The highest BCUT2D eigenvalue weighted by atomic mass is 35.5. The number of hydrogen-bond donors (Lipinski definition) is 0. The minimum absolute atomic E-state index is 0.0753. The Morgan fingerprint density at radius 2 is 1.70 bits per heavy atom. The lowest BCUT2D eigenvalue weighted by Gasteiger charge is -2.21. The van der Waals surface area contributed by atoms with Crippen molar-refractivity contribution >= 4 is 33.4 Å². The van der Waals surface area contributed by atoms with Gasteiger partial charge in [0, 0.05) is 28.9 Å². The monoisotopic (exact) mass is 328 g/mol. The highest BCUT2D eigenvalue weighted by molar-refractivity contribution is 6.31. The van der Waals surface area contributed by atoms with Crippen LogP contribution in [0.2, 0.25) is 5.02 Å². The molecule has 0 fully saturated rings. The predicted molar refractivity (Wildman–Crippen MR) is 98.5 cm³/mol. The molecule has 0 N–H and O–H groups in total. The predicted octanol–water partition coefficient (Wildman–Crippen LogP) is 4.15. The first kappa shape index (κ1) is 16.0. The van der Waals surface area contributed by atoms with Crippen molar-refractivity contribution in [3.8, 4) is 0 Å². The number of nitrogens with zero attached hydrogens (tertiary/aromatic N) is 2. The van der Waals surface area contributed by atoms with Gasteiger partial charge in [-0.25, -0.2) is 0 Å². The maximum absolute atomic E-state index is 12.7. The van der Waals surface area contributed by atoms with Gasteiger partial charge in [0.1, 0.15) is 0 Å². The fourth-order valence-corrected chi connectivity index (χ4v) is 3.28. The molecule has 1 aromatic heterocycles. The van der Waals surface area contributed by atoms with E-state index in [-0.39, 0.29) is 5.43 Å². The summed E-state index contributed by atoms with van der Waals surface area (Å²) in [6, 6.07) is 13.3. The number of rotatable bonds is 5. The average molecular weight is 329 g/mol. The molecule has 4 heteroatoms. The number of benzene rings is 2. The van der Waals surface area contributed by atoms with Crippen molar-refractivity contribution < 1.29 is 0 Å².